The number of benzene rings is 1. The molecule has 192 valence electrons. The van der Waals surface area contributed by atoms with Crippen molar-refractivity contribution in [2.45, 2.75) is 38.6 Å². The molecule has 2 aliphatic carbocycles. The van der Waals surface area contributed by atoms with Crippen LogP contribution < -0.4 is 16.0 Å². The molecular weight excluding hydrogens is 506 g/mol. The van der Waals surface area contributed by atoms with E-state index in [1.165, 1.54) is 60.5 Å². The van der Waals surface area contributed by atoms with Crippen LogP contribution in [0, 0.1) is 18.8 Å². The number of aryl methyl sites for hydroxylation is 1. The molecule has 2 unspecified atom stereocenters. The van der Waals surface area contributed by atoms with E-state index in [1.807, 2.05) is 12.3 Å². The number of nitrogens with one attached hydrogen (secondary N) is 1. The topological polar surface area (TPSA) is 101 Å². The highest BCUT2D eigenvalue weighted by atomic mass is 35.5. The van der Waals surface area contributed by atoms with Gasteiger partial charge >= 0.3 is 0 Å². The third-order valence-corrected chi connectivity index (χ3v) is 9.60. The van der Waals surface area contributed by atoms with Gasteiger partial charge in [0, 0.05) is 43.6 Å². The molecule has 7 rings (SSSR count). The summed E-state index contributed by atoms with van der Waals surface area (Å²) in [6, 6.07) is 9.30. The van der Waals surface area contributed by atoms with Crippen LogP contribution in [0.15, 0.2) is 29.6 Å². The van der Waals surface area contributed by atoms with E-state index in [0.717, 1.165) is 52.4 Å². The Labute approximate surface area is 224 Å². The number of hydrogen-bond acceptors (Lipinski definition) is 9. The van der Waals surface area contributed by atoms with E-state index in [9.17, 15) is 0 Å². The molecule has 3 N–H and O–H groups in total. The molecule has 4 aromatic rings. The van der Waals surface area contributed by atoms with Gasteiger partial charge in [0.2, 0.25) is 17.2 Å². The molecule has 2 bridgehead atoms. The van der Waals surface area contributed by atoms with Gasteiger partial charge in [-0.05, 0) is 84.8 Å². The Kier molecular flexibility index (Phi) is 5.71. The van der Waals surface area contributed by atoms with Crippen molar-refractivity contribution in [1.82, 2.24) is 29.6 Å². The van der Waals surface area contributed by atoms with Crippen LogP contribution in [0.25, 0.3) is 16.0 Å². The summed E-state index contributed by atoms with van der Waals surface area (Å²) in [5.41, 5.74) is 10.2. The number of fused-ring (bicyclic) bond motifs is 3. The molecule has 3 atom stereocenters. The first-order valence-electron chi connectivity index (χ1n) is 13.0. The number of anilines is 4. The lowest BCUT2D eigenvalue weighted by atomic mass is 9.93. The van der Waals surface area contributed by atoms with E-state index < -0.39 is 0 Å². The zero-order valence-electron chi connectivity index (χ0n) is 20.8. The quantitative estimate of drug-likeness (QED) is 0.349. The summed E-state index contributed by atoms with van der Waals surface area (Å²) < 4.78 is 2.38. The van der Waals surface area contributed by atoms with Crippen molar-refractivity contribution in [3.8, 4) is 5.82 Å². The monoisotopic (exact) mass is 535 g/mol. The van der Waals surface area contributed by atoms with Gasteiger partial charge in [0.1, 0.15) is 0 Å². The van der Waals surface area contributed by atoms with Gasteiger partial charge in [-0.1, -0.05) is 6.42 Å². The van der Waals surface area contributed by atoms with E-state index in [1.54, 1.807) is 0 Å². The van der Waals surface area contributed by atoms with Crippen molar-refractivity contribution >= 4 is 56.4 Å². The molecule has 37 heavy (non-hydrogen) atoms. The predicted molar refractivity (Wildman–Crippen MR) is 149 cm³/mol. The summed E-state index contributed by atoms with van der Waals surface area (Å²) in [5.74, 6) is 3.13. The lowest BCUT2D eigenvalue weighted by molar-refractivity contribution is 0.135. The molecule has 9 nitrogen and oxygen atoms in total. The highest BCUT2D eigenvalue weighted by molar-refractivity contribution is 7.17. The molecule has 4 heterocycles. The van der Waals surface area contributed by atoms with Gasteiger partial charge in [-0.15, -0.1) is 16.4 Å². The molecule has 3 fully saturated rings. The van der Waals surface area contributed by atoms with Gasteiger partial charge < -0.3 is 16.0 Å². The number of nitrogens with zero attached hydrogens (tertiary/aromatic N) is 7. The number of rotatable bonds is 5. The minimum atomic E-state index is 0.153. The van der Waals surface area contributed by atoms with Gasteiger partial charge in [0.05, 0.1) is 10.2 Å². The van der Waals surface area contributed by atoms with Gasteiger partial charge in [0.15, 0.2) is 5.82 Å². The second kappa shape index (κ2) is 9.11. The number of piperazine rings is 1. The van der Waals surface area contributed by atoms with Crippen molar-refractivity contribution in [3.05, 3.63) is 40.5 Å². The Bertz CT molecular complexity index is 1440. The smallest absolute Gasteiger partial charge is 0.248 e. The zero-order valence-corrected chi connectivity index (χ0v) is 22.3. The number of aromatic nitrogens is 5. The molecule has 0 spiro atoms. The second-order valence-corrected chi connectivity index (χ2v) is 11.8. The Balaban J connectivity index is 1.03. The van der Waals surface area contributed by atoms with Crippen molar-refractivity contribution in [2.75, 3.05) is 42.1 Å². The van der Waals surface area contributed by atoms with E-state index in [0.29, 0.717) is 11.8 Å². The van der Waals surface area contributed by atoms with E-state index in [4.69, 9.17) is 17.3 Å². The number of nitrogens with two attached hydrogens (primary N) is 1. The average Bonchev–Trinajstić information content (AvgIpc) is 3.70. The molecule has 1 saturated heterocycles. The fourth-order valence-corrected chi connectivity index (χ4v) is 7.65. The van der Waals surface area contributed by atoms with Crippen molar-refractivity contribution in [3.63, 3.8) is 0 Å². The molecule has 11 heteroatoms. The van der Waals surface area contributed by atoms with Crippen LogP contribution in [0.4, 0.5) is 23.3 Å². The minimum absolute atomic E-state index is 0.153. The molecule has 3 aliphatic rings. The first kappa shape index (κ1) is 23.2. The predicted octanol–water partition coefficient (Wildman–Crippen LogP) is 4.87. The van der Waals surface area contributed by atoms with Crippen LogP contribution in [0.1, 0.15) is 31.2 Å². The molecule has 0 radical (unpaired) electrons. The molecule has 3 aromatic heterocycles. The van der Waals surface area contributed by atoms with Gasteiger partial charge in [-0.3, -0.25) is 4.90 Å². The number of nitrogen functional groups attached to an aromatic ring is 1. The van der Waals surface area contributed by atoms with Crippen LogP contribution in [-0.4, -0.2) is 61.9 Å². The maximum atomic E-state index is 6.21. The highest BCUT2D eigenvalue weighted by Crippen LogP contribution is 2.46. The minimum Gasteiger partial charge on any atom is -0.369 e. The molecular formula is C26H30ClN9S. The fourth-order valence-electron chi connectivity index (χ4n) is 6.52. The Morgan fingerprint density at radius 1 is 1.03 bits per heavy atom. The normalized spacial score (nSPS) is 23.8. The van der Waals surface area contributed by atoms with Crippen LogP contribution >= 0.6 is 22.9 Å². The maximum Gasteiger partial charge on any atom is 0.248 e. The van der Waals surface area contributed by atoms with E-state index in [-0.39, 0.29) is 11.2 Å². The Morgan fingerprint density at radius 2 is 1.84 bits per heavy atom. The van der Waals surface area contributed by atoms with E-state index >= 15 is 0 Å². The molecule has 2 saturated carbocycles. The van der Waals surface area contributed by atoms with Crippen molar-refractivity contribution < 1.29 is 0 Å². The van der Waals surface area contributed by atoms with Gasteiger partial charge in [-0.25, -0.2) is 4.98 Å². The number of halogens is 1. The fraction of sp³-hybridized carbons (Fsp3) is 0.462. The van der Waals surface area contributed by atoms with Crippen LogP contribution in [0.5, 0.6) is 0 Å². The zero-order chi connectivity index (χ0) is 25.1. The summed E-state index contributed by atoms with van der Waals surface area (Å²) in [4.78, 5) is 18.4. The molecule has 0 amide bonds. The van der Waals surface area contributed by atoms with Crippen LogP contribution in [0.3, 0.4) is 0 Å². The Hall–Kier alpha value is -2.95. The summed E-state index contributed by atoms with van der Waals surface area (Å²) >= 11 is 7.72. The highest BCUT2D eigenvalue weighted by Gasteiger charge is 2.42. The first-order valence-corrected chi connectivity index (χ1v) is 14.3. The van der Waals surface area contributed by atoms with E-state index in [2.05, 4.69) is 59.4 Å². The summed E-state index contributed by atoms with van der Waals surface area (Å²) in [6.45, 7) is 6.49. The third-order valence-electron chi connectivity index (χ3n) is 8.35. The largest absolute Gasteiger partial charge is 0.369 e. The first-order chi connectivity index (χ1) is 18.0. The van der Waals surface area contributed by atoms with Crippen LogP contribution in [0.2, 0.25) is 5.28 Å². The summed E-state index contributed by atoms with van der Waals surface area (Å²) in [5, 5.41) is 10.0. The van der Waals surface area contributed by atoms with Crippen molar-refractivity contribution in [1.29, 1.82) is 0 Å². The lowest BCUT2D eigenvalue weighted by Crippen LogP contribution is -2.51. The van der Waals surface area contributed by atoms with Crippen LogP contribution in [-0.2, 0) is 0 Å². The van der Waals surface area contributed by atoms with Gasteiger partial charge in [-0.2, -0.15) is 14.6 Å². The SMILES string of the molecule is Cc1csc2c(-n3nc(Nc4ccc(N5CCN([C@@H]6CC7CCC6C7)CC5)cc4)nc3N)nc(Cl)nc12. The third kappa shape index (κ3) is 4.20. The Morgan fingerprint density at radius 3 is 2.57 bits per heavy atom. The number of thiophene rings is 1. The van der Waals surface area contributed by atoms with Gasteiger partial charge in [0.25, 0.3) is 0 Å². The lowest BCUT2D eigenvalue weighted by Gasteiger charge is -2.41. The maximum absolute atomic E-state index is 6.21. The summed E-state index contributed by atoms with van der Waals surface area (Å²) in [7, 11) is 0. The van der Waals surface area contributed by atoms with Crippen molar-refractivity contribution in [2.24, 2.45) is 11.8 Å². The second-order valence-electron chi connectivity index (χ2n) is 10.6. The molecule has 1 aromatic carbocycles. The molecule has 1 aliphatic heterocycles. The summed E-state index contributed by atoms with van der Waals surface area (Å²) in [6.07, 6.45) is 5.83. The number of hydrogen-bond donors (Lipinski definition) is 2. The average molecular weight is 536 g/mol. The standard InChI is InChI=1S/C26H30ClN9S/c1-15-14-37-22-21(15)30-24(27)31-23(22)36-25(28)32-26(33-36)29-18-4-6-19(7-5-18)34-8-10-35(11-9-34)20-13-16-2-3-17(20)12-16/h4-7,14,16-17,20H,2-3,8-13H2,1H3,(H3,28,29,32,33)/t16?,17?,20-/m1/s1.